The Kier molecular flexibility index (Phi) is 1.23. The van der Waals surface area contributed by atoms with Crippen LogP contribution in [0.15, 0.2) is 12.4 Å². The van der Waals surface area contributed by atoms with Crippen molar-refractivity contribution in [3.8, 4) is 0 Å². The van der Waals surface area contributed by atoms with Gasteiger partial charge >= 0.3 is 0 Å². The maximum Gasteiger partial charge on any atom is 0.125 e. The van der Waals surface area contributed by atoms with Crippen molar-refractivity contribution in [1.29, 1.82) is 0 Å². The average molecular weight is 149 g/mol. The average Bonchev–Trinajstić information content (AvgIpc) is 2.70. The number of aromatic nitrogens is 2. The molecule has 1 aliphatic carbocycles. The first-order chi connectivity index (χ1) is 5.21. The van der Waals surface area contributed by atoms with Crippen molar-refractivity contribution < 1.29 is 0 Å². The zero-order valence-corrected chi connectivity index (χ0v) is 6.54. The molecule has 0 amide bonds. The van der Waals surface area contributed by atoms with Gasteiger partial charge in [0.2, 0.25) is 0 Å². The highest BCUT2D eigenvalue weighted by Crippen LogP contribution is 2.41. The van der Waals surface area contributed by atoms with E-state index >= 15 is 0 Å². The summed E-state index contributed by atoms with van der Waals surface area (Å²) in [5.74, 6) is 0.804. The monoisotopic (exact) mass is 149 g/mol. The number of aryl methyl sites for hydroxylation is 1. The highest BCUT2D eigenvalue weighted by molar-refractivity contribution is 5.23. The van der Waals surface area contributed by atoms with Gasteiger partial charge in [-0.05, 0) is 19.8 Å². The standard InChI is InChI=1S/C8H11N3/c1-6-10-4-7(5-11-6)8(9)2-3-8/h4-5H,2-3,9H2,1H3. The summed E-state index contributed by atoms with van der Waals surface area (Å²) >= 11 is 0. The molecule has 0 radical (unpaired) electrons. The van der Waals surface area contributed by atoms with Crippen molar-refractivity contribution in [3.63, 3.8) is 0 Å². The summed E-state index contributed by atoms with van der Waals surface area (Å²) in [6.07, 6.45) is 5.80. The first-order valence-electron chi connectivity index (χ1n) is 3.79. The molecule has 0 spiro atoms. The molecule has 3 nitrogen and oxygen atoms in total. The van der Waals surface area contributed by atoms with Crippen LogP contribution in [0.25, 0.3) is 0 Å². The van der Waals surface area contributed by atoms with E-state index in [1.807, 2.05) is 19.3 Å². The molecule has 1 fully saturated rings. The van der Waals surface area contributed by atoms with Gasteiger partial charge in [-0.15, -0.1) is 0 Å². The van der Waals surface area contributed by atoms with Gasteiger partial charge in [-0.2, -0.15) is 0 Å². The molecule has 1 aromatic heterocycles. The Labute approximate surface area is 65.7 Å². The molecule has 58 valence electrons. The third-order valence-electron chi connectivity index (χ3n) is 2.14. The largest absolute Gasteiger partial charge is 0.321 e. The third kappa shape index (κ3) is 1.12. The summed E-state index contributed by atoms with van der Waals surface area (Å²) in [6.45, 7) is 1.87. The molecular weight excluding hydrogens is 138 g/mol. The minimum Gasteiger partial charge on any atom is -0.321 e. The van der Waals surface area contributed by atoms with Crippen LogP contribution in [0.3, 0.4) is 0 Å². The first-order valence-corrected chi connectivity index (χ1v) is 3.79. The van der Waals surface area contributed by atoms with Crippen molar-refractivity contribution in [2.24, 2.45) is 5.73 Å². The van der Waals surface area contributed by atoms with Gasteiger partial charge in [-0.3, -0.25) is 0 Å². The van der Waals surface area contributed by atoms with E-state index < -0.39 is 0 Å². The molecule has 1 heterocycles. The lowest BCUT2D eigenvalue weighted by Crippen LogP contribution is -2.19. The van der Waals surface area contributed by atoms with E-state index in [0.717, 1.165) is 24.2 Å². The Morgan fingerprint density at radius 2 is 1.91 bits per heavy atom. The molecule has 1 saturated carbocycles. The molecule has 1 aliphatic rings. The van der Waals surface area contributed by atoms with E-state index in [9.17, 15) is 0 Å². The van der Waals surface area contributed by atoms with Crippen molar-refractivity contribution in [1.82, 2.24) is 9.97 Å². The highest BCUT2D eigenvalue weighted by atomic mass is 14.9. The third-order valence-corrected chi connectivity index (χ3v) is 2.14. The van der Waals surface area contributed by atoms with E-state index in [1.165, 1.54) is 0 Å². The quantitative estimate of drug-likeness (QED) is 0.640. The second-order valence-electron chi connectivity index (χ2n) is 3.18. The van der Waals surface area contributed by atoms with Crippen LogP contribution in [0.1, 0.15) is 24.2 Å². The fraction of sp³-hybridized carbons (Fsp3) is 0.500. The van der Waals surface area contributed by atoms with Gasteiger partial charge in [0.25, 0.3) is 0 Å². The Bertz CT molecular complexity index is 261. The molecule has 0 bridgehead atoms. The number of hydrogen-bond acceptors (Lipinski definition) is 3. The van der Waals surface area contributed by atoms with Gasteiger partial charge in [-0.1, -0.05) is 0 Å². The first kappa shape index (κ1) is 6.73. The molecule has 0 unspecified atom stereocenters. The Morgan fingerprint density at radius 3 is 2.36 bits per heavy atom. The van der Waals surface area contributed by atoms with Crippen molar-refractivity contribution in [2.45, 2.75) is 25.3 Å². The molecule has 2 N–H and O–H groups in total. The number of rotatable bonds is 1. The normalized spacial score (nSPS) is 19.8. The smallest absolute Gasteiger partial charge is 0.125 e. The predicted octanol–water partition coefficient (Wildman–Crippen LogP) is 0.733. The van der Waals surface area contributed by atoms with Gasteiger partial charge in [-0.25, -0.2) is 9.97 Å². The topological polar surface area (TPSA) is 51.8 Å². The van der Waals surface area contributed by atoms with Crippen molar-refractivity contribution in [3.05, 3.63) is 23.8 Å². The van der Waals surface area contributed by atoms with Crippen LogP contribution in [0.2, 0.25) is 0 Å². The summed E-state index contributed by atoms with van der Waals surface area (Å²) in [6, 6.07) is 0. The van der Waals surface area contributed by atoms with Crippen molar-refractivity contribution >= 4 is 0 Å². The maximum absolute atomic E-state index is 5.94. The molecule has 0 saturated heterocycles. The lowest BCUT2D eigenvalue weighted by Gasteiger charge is -2.06. The minimum atomic E-state index is -0.0896. The summed E-state index contributed by atoms with van der Waals surface area (Å²) in [5, 5.41) is 0. The Hall–Kier alpha value is -0.960. The number of hydrogen-bond donors (Lipinski definition) is 1. The molecule has 0 aromatic carbocycles. The van der Waals surface area contributed by atoms with Gasteiger partial charge in [0.15, 0.2) is 0 Å². The van der Waals surface area contributed by atoms with Crippen LogP contribution < -0.4 is 5.73 Å². The summed E-state index contributed by atoms with van der Waals surface area (Å²) in [5.41, 5.74) is 6.92. The summed E-state index contributed by atoms with van der Waals surface area (Å²) in [7, 11) is 0. The molecule has 1 aromatic rings. The van der Waals surface area contributed by atoms with E-state index in [0.29, 0.717) is 0 Å². The fourth-order valence-electron chi connectivity index (χ4n) is 1.07. The van der Waals surface area contributed by atoms with Crippen LogP contribution in [0.4, 0.5) is 0 Å². The molecule has 11 heavy (non-hydrogen) atoms. The Balaban J connectivity index is 2.33. The fourth-order valence-corrected chi connectivity index (χ4v) is 1.07. The number of nitrogens with zero attached hydrogens (tertiary/aromatic N) is 2. The van der Waals surface area contributed by atoms with E-state index in [1.54, 1.807) is 0 Å². The Morgan fingerprint density at radius 1 is 1.36 bits per heavy atom. The second kappa shape index (κ2) is 2.01. The molecule has 3 heteroatoms. The molecule has 0 atom stereocenters. The summed E-state index contributed by atoms with van der Waals surface area (Å²) in [4.78, 5) is 8.19. The van der Waals surface area contributed by atoms with Crippen molar-refractivity contribution in [2.75, 3.05) is 0 Å². The van der Waals surface area contributed by atoms with Crippen LogP contribution in [0, 0.1) is 6.92 Å². The molecule has 0 aliphatic heterocycles. The maximum atomic E-state index is 5.94. The minimum absolute atomic E-state index is 0.0896. The SMILES string of the molecule is Cc1ncc(C2(N)CC2)cn1. The van der Waals surface area contributed by atoms with E-state index in [-0.39, 0.29) is 5.54 Å². The van der Waals surface area contributed by atoms with Crippen LogP contribution in [-0.4, -0.2) is 9.97 Å². The zero-order valence-electron chi connectivity index (χ0n) is 6.54. The van der Waals surface area contributed by atoms with E-state index in [4.69, 9.17) is 5.73 Å². The predicted molar refractivity (Wildman–Crippen MR) is 41.9 cm³/mol. The zero-order chi connectivity index (χ0) is 7.90. The van der Waals surface area contributed by atoms with Gasteiger partial charge in [0.05, 0.1) is 0 Å². The lowest BCUT2D eigenvalue weighted by atomic mass is 10.1. The van der Waals surface area contributed by atoms with E-state index in [2.05, 4.69) is 9.97 Å². The van der Waals surface area contributed by atoms with Gasteiger partial charge < -0.3 is 5.73 Å². The molecular formula is C8H11N3. The van der Waals surface area contributed by atoms with Gasteiger partial charge in [0, 0.05) is 23.5 Å². The summed E-state index contributed by atoms with van der Waals surface area (Å²) < 4.78 is 0. The second-order valence-corrected chi connectivity index (χ2v) is 3.18. The van der Waals surface area contributed by atoms with Crippen LogP contribution in [0.5, 0.6) is 0 Å². The number of nitrogens with two attached hydrogens (primary N) is 1. The van der Waals surface area contributed by atoms with Crippen LogP contribution in [-0.2, 0) is 5.54 Å². The van der Waals surface area contributed by atoms with Gasteiger partial charge in [0.1, 0.15) is 5.82 Å². The van der Waals surface area contributed by atoms with Crippen LogP contribution >= 0.6 is 0 Å². The highest BCUT2D eigenvalue weighted by Gasteiger charge is 2.40. The molecule has 2 rings (SSSR count). The lowest BCUT2D eigenvalue weighted by molar-refractivity contribution is 0.725.